The van der Waals surface area contributed by atoms with E-state index >= 15 is 0 Å². The molecule has 0 aliphatic carbocycles. The molecule has 0 saturated carbocycles. The van der Waals surface area contributed by atoms with Gasteiger partial charge in [-0.25, -0.2) is 4.39 Å². The maximum Gasteiger partial charge on any atom is 0.281 e. The minimum atomic E-state index is -0.441. The maximum atomic E-state index is 13.3. The molecule has 0 unspecified atom stereocenters. The fourth-order valence-corrected chi connectivity index (χ4v) is 2.07. The van der Waals surface area contributed by atoms with Gasteiger partial charge in [-0.15, -0.1) is 10.2 Å². The molecule has 1 aromatic heterocycles. The molecule has 16 heavy (non-hydrogen) atoms. The van der Waals surface area contributed by atoms with E-state index in [1.807, 2.05) is 0 Å². The summed E-state index contributed by atoms with van der Waals surface area (Å²) in [5.74, 6) is 0.00758. The van der Waals surface area contributed by atoms with Crippen LogP contribution in [-0.4, -0.2) is 15.3 Å². The van der Waals surface area contributed by atoms with Gasteiger partial charge in [0, 0.05) is 17.4 Å². The Kier molecular flexibility index (Phi) is 3.21. The molecule has 84 valence electrons. The van der Waals surface area contributed by atoms with Gasteiger partial charge in [0.2, 0.25) is 5.89 Å². The first-order valence-corrected chi connectivity index (χ1v) is 5.38. The molecule has 0 bridgehead atoms. The predicted octanol–water partition coefficient (Wildman–Crippen LogP) is 2.16. The number of aliphatic hydroxyl groups is 1. The first kappa shape index (κ1) is 11.1. The molecule has 2 aromatic rings. The largest absolute Gasteiger partial charge is 0.416 e. The topological polar surface area (TPSA) is 59.2 Å². The van der Waals surface area contributed by atoms with Crippen molar-refractivity contribution in [2.45, 2.75) is 23.6 Å². The zero-order chi connectivity index (χ0) is 11.5. The van der Waals surface area contributed by atoms with Gasteiger partial charge in [0.1, 0.15) is 5.82 Å². The summed E-state index contributed by atoms with van der Waals surface area (Å²) in [4.78, 5) is 0.575. The van der Waals surface area contributed by atoms with Crippen LogP contribution in [0.4, 0.5) is 4.39 Å². The molecule has 0 radical (unpaired) electrons. The second-order valence-electron chi connectivity index (χ2n) is 3.06. The maximum absolute atomic E-state index is 13.3. The van der Waals surface area contributed by atoms with Crippen LogP contribution in [0.2, 0.25) is 0 Å². The Morgan fingerprint density at radius 3 is 2.88 bits per heavy atom. The van der Waals surface area contributed by atoms with Crippen molar-refractivity contribution in [3.05, 3.63) is 35.5 Å². The molecule has 4 nitrogen and oxygen atoms in total. The zero-order valence-corrected chi connectivity index (χ0v) is 9.29. The van der Waals surface area contributed by atoms with E-state index in [1.54, 1.807) is 19.1 Å². The lowest BCUT2D eigenvalue weighted by molar-refractivity contribution is 0.272. The number of hydrogen-bond acceptors (Lipinski definition) is 5. The number of nitrogens with zero attached hydrogens (tertiary/aromatic N) is 2. The molecule has 1 aromatic carbocycles. The number of rotatable bonds is 3. The second-order valence-corrected chi connectivity index (χ2v) is 4.06. The Bertz CT molecular complexity index is 501. The van der Waals surface area contributed by atoms with E-state index in [0.29, 0.717) is 16.0 Å². The highest BCUT2D eigenvalue weighted by molar-refractivity contribution is 7.99. The van der Waals surface area contributed by atoms with E-state index in [0.717, 1.165) is 11.8 Å². The number of halogens is 1. The monoisotopic (exact) mass is 240 g/mol. The third kappa shape index (κ3) is 2.23. The summed E-state index contributed by atoms with van der Waals surface area (Å²) in [5, 5.41) is 16.8. The standard InChI is InChI=1S/C10H9FN2O2S/c1-6-12-13-10(15-6)16-9-4-2-3-8(11)7(9)5-14/h2-4,14H,5H2,1H3. The predicted molar refractivity (Wildman–Crippen MR) is 55.5 cm³/mol. The first-order valence-electron chi connectivity index (χ1n) is 4.57. The summed E-state index contributed by atoms with van der Waals surface area (Å²) in [5.41, 5.74) is 0.239. The molecule has 0 aliphatic rings. The van der Waals surface area contributed by atoms with Gasteiger partial charge >= 0.3 is 0 Å². The normalized spacial score (nSPS) is 10.7. The van der Waals surface area contributed by atoms with Crippen molar-refractivity contribution in [3.63, 3.8) is 0 Å². The lowest BCUT2D eigenvalue weighted by Gasteiger charge is -2.04. The highest BCUT2D eigenvalue weighted by atomic mass is 32.2. The number of aryl methyl sites for hydroxylation is 1. The van der Waals surface area contributed by atoms with Crippen LogP contribution < -0.4 is 0 Å². The van der Waals surface area contributed by atoms with Crippen molar-refractivity contribution in [3.8, 4) is 0 Å². The molecule has 0 spiro atoms. The van der Waals surface area contributed by atoms with Gasteiger partial charge in [-0.2, -0.15) is 0 Å². The molecule has 0 amide bonds. The third-order valence-electron chi connectivity index (χ3n) is 1.94. The molecular formula is C10H9FN2O2S. The first-order chi connectivity index (χ1) is 7.70. The number of hydrogen-bond donors (Lipinski definition) is 1. The third-order valence-corrected chi connectivity index (χ3v) is 2.88. The molecule has 0 fully saturated rings. The number of aliphatic hydroxyl groups excluding tert-OH is 1. The fraction of sp³-hybridized carbons (Fsp3) is 0.200. The summed E-state index contributed by atoms with van der Waals surface area (Å²) in [7, 11) is 0. The van der Waals surface area contributed by atoms with Gasteiger partial charge in [-0.3, -0.25) is 0 Å². The van der Waals surface area contributed by atoms with E-state index in [2.05, 4.69) is 10.2 Å². The molecule has 1 N–H and O–H groups in total. The van der Waals surface area contributed by atoms with E-state index in [-0.39, 0.29) is 12.2 Å². The van der Waals surface area contributed by atoms with Gasteiger partial charge in [0.05, 0.1) is 6.61 Å². The smallest absolute Gasteiger partial charge is 0.281 e. The molecule has 1 heterocycles. The van der Waals surface area contributed by atoms with E-state index in [1.165, 1.54) is 6.07 Å². The average Bonchev–Trinajstić information content (AvgIpc) is 2.64. The van der Waals surface area contributed by atoms with Crippen molar-refractivity contribution < 1.29 is 13.9 Å². The zero-order valence-electron chi connectivity index (χ0n) is 8.48. The minimum absolute atomic E-state index is 0.239. The summed E-state index contributed by atoms with van der Waals surface area (Å²) in [6, 6.07) is 4.56. The van der Waals surface area contributed by atoms with Gasteiger partial charge in [0.25, 0.3) is 5.22 Å². The van der Waals surface area contributed by atoms with Crippen molar-refractivity contribution in [2.75, 3.05) is 0 Å². The SMILES string of the molecule is Cc1nnc(Sc2cccc(F)c2CO)o1. The Balaban J connectivity index is 2.30. The van der Waals surface area contributed by atoms with E-state index in [4.69, 9.17) is 9.52 Å². The van der Waals surface area contributed by atoms with Crippen LogP contribution in [0.15, 0.2) is 32.7 Å². The minimum Gasteiger partial charge on any atom is -0.416 e. The van der Waals surface area contributed by atoms with E-state index < -0.39 is 5.82 Å². The Labute approximate surface area is 95.5 Å². The quantitative estimate of drug-likeness (QED) is 0.890. The van der Waals surface area contributed by atoms with Crippen molar-refractivity contribution in [1.82, 2.24) is 10.2 Å². The summed E-state index contributed by atoms with van der Waals surface area (Å²) in [6.45, 7) is 1.32. The van der Waals surface area contributed by atoms with Gasteiger partial charge in [-0.05, 0) is 23.9 Å². The number of aromatic nitrogens is 2. The Morgan fingerprint density at radius 2 is 2.25 bits per heavy atom. The van der Waals surface area contributed by atoms with Crippen LogP contribution in [0.5, 0.6) is 0 Å². The molecular weight excluding hydrogens is 231 g/mol. The average molecular weight is 240 g/mol. The van der Waals surface area contributed by atoms with Crippen LogP contribution in [0, 0.1) is 12.7 Å². The van der Waals surface area contributed by atoms with Crippen molar-refractivity contribution in [2.24, 2.45) is 0 Å². The van der Waals surface area contributed by atoms with Crippen LogP contribution in [0.25, 0.3) is 0 Å². The van der Waals surface area contributed by atoms with Crippen molar-refractivity contribution in [1.29, 1.82) is 0 Å². The number of benzene rings is 1. The second kappa shape index (κ2) is 4.63. The molecule has 0 saturated heterocycles. The molecule has 6 heteroatoms. The van der Waals surface area contributed by atoms with Crippen molar-refractivity contribution >= 4 is 11.8 Å². The highest BCUT2D eigenvalue weighted by Gasteiger charge is 2.11. The summed E-state index contributed by atoms with van der Waals surface area (Å²) < 4.78 is 18.5. The van der Waals surface area contributed by atoms with Gasteiger partial charge < -0.3 is 9.52 Å². The van der Waals surface area contributed by atoms with Crippen LogP contribution >= 0.6 is 11.8 Å². The van der Waals surface area contributed by atoms with Gasteiger partial charge in [0.15, 0.2) is 0 Å². The molecule has 2 rings (SSSR count). The lowest BCUT2D eigenvalue weighted by atomic mass is 10.2. The fourth-order valence-electron chi connectivity index (χ4n) is 1.20. The Hall–Kier alpha value is -1.40. The lowest BCUT2D eigenvalue weighted by Crippen LogP contribution is -1.92. The summed E-state index contributed by atoms with van der Waals surface area (Å²) >= 11 is 1.13. The molecule has 0 aliphatic heterocycles. The summed E-state index contributed by atoms with van der Waals surface area (Å²) in [6.07, 6.45) is 0. The molecule has 0 atom stereocenters. The van der Waals surface area contributed by atoms with Gasteiger partial charge in [-0.1, -0.05) is 6.07 Å². The van der Waals surface area contributed by atoms with E-state index in [9.17, 15) is 4.39 Å². The van der Waals surface area contributed by atoms with Crippen LogP contribution in [0.1, 0.15) is 11.5 Å². The van der Waals surface area contributed by atoms with Crippen LogP contribution in [-0.2, 0) is 6.61 Å². The Morgan fingerprint density at radius 1 is 1.44 bits per heavy atom. The highest BCUT2D eigenvalue weighted by Crippen LogP contribution is 2.30. The van der Waals surface area contributed by atoms with Crippen LogP contribution in [0.3, 0.4) is 0 Å².